The lowest BCUT2D eigenvalue weighted by atomic mass is 10.0. The summed E-state index contributed by atoms with van der Waals surface area (Å²) in [6.45, 7) is 0. The fourth-order valence-electron chi connectivity index (χ4n) is 1.43. The van der Waals surface area contributed by atoms with Gasteiger partial charge in [0.15, 0.2) is 5.78 Å². The highest BCUT2D eigenvalue weighted by atomic mass is 127. The van der Waals surface area contributed by atoms with Crippen LogP contribution in [0.25, 0.3) is 0 Å². The number of hydrogen-bond donors (Lipinski definition) is 0. The molecule has 0 radical (unpaired) electrons. The first-order valence-electron chi connectivity index (χ1n) is 4.83. The Kier molecular flexibility index (Phi) is 4.13. The summed E-state index contributed by atoms with van der Waals surface area (Å²) in [7, 11) is 0. The van der Waals surface area contributed by atoms with Crippen molar-refractivity contribution in [3.8, 4) is 0 Å². The maximum Gasteiger partial charge on any atom is 0.194 e. The van der Waals surface area contributed by atoms with Crippen LogP contribution in [0, 0.1) is 13.0 Å². The van der Waals surface area contributed by atoms with E-state index >= 15 is 0 Å². The van der Waals surface area contributed by atoms with E-state index in [2.05, 4.69) is 45.2 Å². The van der Waals surface area contributed by atoms with Gasteiger partial charge < -0.3 is 0 Å². The van der Waals surface area contributed by atoms with E-state index in [1.807, 2.05) is 18.2 Å². The van der Waals surface area contributed by atoms with Crippen molar-refractivity contribution in [3.05, 3.63) is 66.5 Å². The Morgan fingerprint density at radius 1 is 1.00 bits per heavy atom. The van der Waals surface area contributed by atoms with E-state index in [4.69, 9.17) is 0 Å². The van der Waals surface area contributed by atoms with Gasteiger partial charge in [-0.05, 0) is 87.6 Å². The van der Waals surface area contributed by atoms with Crippen molar-refractivity contribution in [3.63, 3.8) is 0 Å². The summed E-state index contributed by atoms with van der Waals surface area (Å²) in [5.74, 6) is -0.410. The molecule has 0 fully saturated rings. The number of carbonyl (C=O) groups is 1. The van der Waals surface area contributed by atoms with E-state index in [0.717, 1.165) is 7.14 Å². The van der Waals surface area contributed by atoms with E-state index in [1.165, 1.54) is 24.3 Å². The average molecular weight is 452 g/mol. The molecule has 0 amide bonds. The second-order valence-corrected chi connectivity index (χ2v) is 5.87. The van der Waals surface area contributed by atoms with Crippen LogP contribution in [0.3, 0.4) is 0 Å². The summed E-state index contributed by atoms with van der Waals surface area (Å²) in [4.78, 5) is 12.2. The normalized spacial score (nSPS) is 10.3. The summed E-state index contributed by atoms with van der Waals surface area (Å²) < 4.78 is 14.7. The maximum atomic E-state index is 12.8. The Balaban J connectivity index is 2.43. The third kappa shape index (κ3) is 3.04. The molecule has 0 atom stereocenters. The van der Waals surface area contributed by atoms with Crippen LogP contribution in [0.4, 0.5) is 4.39 Å². The lowest BCUT2D eigenvalue weighted by molar-refractivity contribution is 0.103. The molecule has 0 saturated heterocycles. The second kappa shape index (κ2) is 5.43. The fraction of sp³-hybridized carbons (Fsp3) is 0. The van der Waals surface area contributed by atoms with Crippen molar-refractivity contribution in [2.24, 2.45) is 0 Å². The molecule has 0 aliphatic carbocycles. The van der Waals surface area contributed by atoms with Crippen LogP contribution in [0.5, 0.6) is 0 Å². The van der Waals surface area contributed by atoms with E-state index < -0.39 is 0 Å². The number of rotatable bonds is 2. The molecule has 0 aliphatic heterocycles. The minimum Gasteiger partial charge on any atom is -0.289 e. The molecule has 2 aromatic rings. The van der Waals surface area contributed by atoms with Gasteiger partial charge in [0.2, 0.25) is 0 Å². The van der Waals surface area contributed by atoms with Crippen LogP contribution >= 0.6 is 45.2 Å². The van der Waals surface area contributed by atoms with Crippen molar-refractivity contribution in [2.45, 2.75) is 0 Å². The van der Waals surface area contributed by atoms with Crippen molar-refractivity contribution in [1.29, 1.82) is 0 Å². The smallest absolute Gasteiger partial charge is 0.194 e. The van der Waals surface area contributed by atoms with Crippen molar-refractivity contribution < 1.29 is 9.18 Å². The SMILES string of the molecule is O=C(c1ccc(F)cc1)c1cc(I)ccc1I. The molecule has 2 aromatic carbocycles. The summed E-state index contributed by atoms with van der Waals surface area (Å²) >= 11 is 4.29. The third-order valence-corrected chi connectivity index (χ3v) is 3.89. The topological polar surface area (TPSA) is 17.1 Å². The van der Waals surface area contributed by atoms with Crippen LogP contribution in [-0.4, -0.2) is 5.78 Å². The van der Waals surface area contributed by atoms with Gasteiger partial charge in [0, 0.05) is 18.3 Å². The average Bonchev–Trinajstić information content (AvgIpc) is 2.32. The fourth-order valence-corrected chi connectivity index (χ4v) is 2.50. The zero-order valence-corrected chi connectivity index (χ0v) is 12.9. The van der Waals surface area contributed by atoms with Gasteiger partial charge in [-0.3, -0.25) is 4.79 Å². The number of benzene rings is 2. The minimum absolute atomic E-state index is 0.0760. The molecule has 0 saturated carbocycles. The first-order chi connectivity index (χ1) is 8.08. The molecular formula is C13H7FI2O. The highest BCUT2D eigenvalue weighted by molar-refractivity contribution is 14.1. The van der Waals surface area contributed by atoms with Crippen LogP contribution in [0.1, 0.15) is 15.9 Å². The van der Waals surface area contributed by atoms with Gasteiger partial charge in [-0.15, -0.1) is 0 Å². The molecule has 2 rings (SSSR count). The molecule has 1 nitrogen and oxygen atoms in total. The molecule has 0 heterocycles. The number of halogens is 3. The molecule has 17 heavy (non-hydrogen) atoms. The quantitative estimate of drug-likeness (QED) is 0.492. The van der Waals surface area contributed by atoms with Gasteiger partial charge in [0.1, 0.15) is 5.82 Å². The van der Waals surface area contributed by atoms with Gasteiger partial charge in [-0.1, -0.05) is 0 Å². The number of carbonyl (C=O) groups excluding carboxylic acids is 1. The second-order valence-electron chi connectivity index (χ2n) is 3.46. The number of hydrogen-bond acceptors (Lipinski definition) is 1. The van der Waals surface area contributed by atoms with Crippen molar-refractivity contribution in [2.75, 3.05) is 0 Å². The molecular weight excluding hydrogens is 445 g/mol. The van der Waals surface area contributed by atoms with Gasteiger partial charge in [-0.2, -0.15) is 0 Å². The van der Waals surface area contributed by atoms with E-state index in [9.17, 15) is 9.18 Å². The van der Waals surface area contributed by atoms with Crippen molar-refractivity contribution in [1.82, 2.24) is 0 Å². The first-order valence-corrected chi connectivity index (χ1v) is 6.99. The first kappa shape index (κ1) is 12.9. The summed E-state index contributed by atoms with van der Waals surface area (Å²) in [6, 6.07) is 11.3. The zero-order chi connectivity index (χ0) is 12.4. The highest BCUT2D eigenvalue weighted by Crippen LogP contribution is 2.19. The molecule has 0 aromatic heterocycles. The monoisotopic (exact) mass is 452 g/mol. The van der Waals surface area contributed by atoms with Gasteiger partial charge >= 0.3 is 0 Å². The molecule has 0 spiro atoms. The van der Waals surface area contributed by atoms with E-state index in [1.54, 1.807) is 0 Å². The zero-order valence-electron chi connectivity index (χ0n) is 8.58. The summed E-state index contributed by atoms with van der Waals surface area (Å²) in [5.41, 5.74) is 1.16. The Labute approximate surface area is 126 Å². The molecule has 0 unspecified atom stereocenters. The summed E-state index contributed by atoms with van der Waals surface area (Å²) in [5, 5.41) is 0. The Hall–Kier alpha value is -0.500. The summed E-state index contributed by atoms with van der Waals surface area (Å²) in [6.07, 6.45) is 0. The Bertz CT molecular complexity index is 564. The molecule has 4 heteroatoms. The largest absolute Gasteiger partial charge is 0.289 e. The predicted octanol–water partition coefficient (Wildman–Crippen LogP) is 4.27. The van der Waals surface area contributed by atoms with Crippen LogP contribution in [0.2, 0.25) is 0 Å². The third-order valence-electron chi connectivity index (χ3n) is 2.28. The Morgan fingerprint density at radius 2 is 1.65 bits per heavy atom. The lowest BCUT2D eigenvalue weighted by Gasteiger charge is -2.04. The van der Waals surface area contributed by atoms with Crippen molar-refractivity contribution >= 4 is 51.0 Å². The highest BCUT2D eigenvalue weighted by Gasteiger charge is 2.12. The van der Waals surface area contributed by atoms with E-state index in [0.29, 0.717) is 11.1 Å². The van der Waals surface area contributed by atoms with Gasteiger partial charge in [-0.25, -0.2) is 4.39 Å². The molecule has 0 bridgehead atoms. The van der Waals surface area contributed by atoms with Crippen LogP contribution in [-0.2, 0) is 0 Å². The van der Waals surface area contributed by atoms with E-state index in [-0.39, 0.29) is 11.6 Å². The predicted molar refractivity (Wildman–Crippen MR) is 81.7 cm³/mol. The van der Waals surface area contributed by atoms with Gasteiger partial charge in [0.05, 0.1) is 0 Å². The molecule has 86 valence electrons. The number of ketones is 1. The van der Waals surface area contributed by atoms with Crippen LogP contribution in [0.15, 0.2) is 42.5 Å². The minimum atomic E-state index is -0.334. The lowest BCUT2D eigenvalue weighted by Crippen LogP contribution is -2.04. The molecule has 0 aliphatic rings. The standard InChI is InChI=1S/C13H7FI2O/c14-9-3-1-8(2-4-9)13(17)11-7-10(15)5-6-12(11)16/h1-7H. The van der Waals surface area contributed by atoms with Crippen LogP contribution < -0.4 is 0 Å². The maximum absolute atomic E-state index is 12.8. The Morgan fingerprint density at radius 3 is 2.29 bits per heavy atom. The molecule has 0 N–H and O–H groups in total. The van der Waals surface area contributed by atoms with Gasteiger partial charge in [0.25, 0.3) is 0 Å².